The maximum Gasteiger partial charge on any atom is 0.322 e. The molecule has 0 aliphatic rings. The van der Waals surface area contributed by atoms with Gasteiger partial charge in [-0.25, -0.2) is 4.98 Å². The van der Waals surface area contributed by atoms with E-state index in [-0.39, 0.29) is 5.69 Å². The summed E-state index contributed by atoms with van der Waals surface area (Å²) in [4.78, 5) is 20.1. The van der Waals surface area contributed by atoms with Gasteiger partial charge in [-0.05, 0) is 41.9 Å². The molecule has 1 aromatic heterocycles. The molecule has 0 saturated heterocycles. The molecule has 0 aliphatic carbocycles. The summed E-state index contributed by atoms with van der Waals surface area (Å²) in [6, 6.07) is 7.52. The minimum atomic E-state index is -0.440. The second kappa shape index (κ2) is 6.86. The fourth-order valence-electron chi connectivity index (χ4n) is 1.69. The third kappa shape index (κ3) is 3.70. The molecule has 0 spiro atoms. The van der Waals surface area contributed by atoms with Crippen molar-refractivity contribution in [3.05, 3.63) is 44.5 Å². The van der Waals surface area contributed by atoms with Gasteiger partial charge in [0.1, 0.15) is 5.69 Å². The lowest BCUT2D eigenvalue weighted by Crippen LogP contribution is -2.07. The Morgan fingerprint density at radius 3 is 2.71 bits per heavy atom. The molecule has 21 heavy (non-hydrogen) atoms. The van der Waals surface area contributed by atoms with Gasteiger partial charge in [-0.2, -0.15) is 4.98 Å². The molecule has 0 bridgehead atoms. The van der Waals surface area contributed by atoms with E-state index in [9.17, 15) is 10.1 Å². The molecule has 8 heteroatoms. The molecule has 1 heterocycles. The SMILES string of the molecule is CCNc1nc(C)c([N+](=O)[O-])c(Sc2ccccc2Br)n1. The second-order valence-corrected chi connectivity index (χ2v) is 5.99. The van der Waals surface area contributed by atoms with Gasteiger partial charge < -0.3 is 5.32 Å². The van der Waals surface area contributed by atoms with Gasteiger partial charge in [0.25, 0.3) is 0 Å². The van der Waals surface area contributed by atoms with E-state index in [1.54, 1.807) is 6.92 Å². The number of nitro groups is 1. The Hall–Kier alpha value is -1.67. The van der Waals surface area contributed by atoms with Crippen LogP contribution < -0.4 is 5.32 Å². The molecule has 0 saturated carbocycles. The first kappa shape index (κ1) is 15.7. The maximum absolute atomic E-state index is 11.3. The summed E-state index contributed by atoms with van der Waals surface area (Å²) in [5, 5.41) is 14.6. The predicted octanol–water partition coefficient (Wildman–Crippen LogP) is 4.04. The zero-order valence-corrected chi connectivity index (χ0v) is 13.9. The quantitative estimate of drug-likeness (QED) is 0.487. The van der Waals surface area contributed by atoms with Crippen LogP contribution in [0.2, 0.25) is 0 Å². The topological polar surface area (TPSA) is 81.0 Å². The standard InChI is InChI=1S/C13H13BrN4O2S/c1-3-15-13-16-8(2)11(18(19)20)12(17-13)21-10-7-5-4-6-9(10)14/h4-7H,3H2,1-2H3,(H,15,16,17). The highest BCUT2D eigenvalue weighted by Gasteiger charge is 2.23. The number of anilines is 1. The van der Waals surface area contributed by atoms with E-state index in [1.165, 1.54) is 11.8 Å². The summed E-state index contributed by atoms with van der Waals surface area (Å²) in [7, 11) is 0. The third-order valence-electron chi connectivity index (χ3n) is 2.59. The van der Waals surface area contributed by atoms with Gasteiger partial charge in [0, 0.05) is 15.9 Å². The van der Waals surface area contributed by atoms with Crippen molar-refractivity contribution in [1.29, 1.82) is 0 Å². The molecular formula is C13H13BrN4O2S. The maximum atomic E-state index is 11.3. The summed E-state index contributed by atoms with van der Waals surface area (Å²) in [5.41, 5.74) is 0.290. The Balaban J connectivity index is 2.49. The van der Waals surface area contributed by atoms with Crippen molar-refractivity contribution < 1.29 is 4.92 Å². The van der Waals surface area contributed by atoms with E-state index in [2.05, 4.69) is 31.2 Å². The van der Waals surface area contributed by atoms with E-state index < -0.39 is 4.92 Å². The summed E-state index contributed by atoms with van der Waals surface area (Å²) in [6.07, 6.45) is 0. The van der Waals surface area contributed by atoms with Gasteiger partial charge in [0.15, 0.2) is 5.03 Å². The van der Waals surface area contributed by atoms with E-state index in [1.807, 2.05) is 31.2 Å². The molecule has 0 aliphatic heterocycles. The van der Waals surface area contributed by atoms with Gasteiger partial charge in [0.05, 0.1) is 4.92 Å². The molecule has 0 amide bonds. The number of halogens is 1. The highest BCUT2D eigenvalue weighted by atomic mass is 79.9. The van der Waals surface area contributed by atoms with Crippen molar-refractivity contribution in [3.8, 4) is 0 Å². The normalized spacial score (nSPS) is 10.4. The summed E-state index contributed by atoms with van der Waals surface area (Å²) in [5.74, 6) is 0.398. The molecule has 0 radical (unpaired) electrons. The van der Waals surface area contributed by atoms with Gasteiger partial charge >= 0.3 is 5.69 Å². The highest BCUT2D eigenvalue weighted by molar-refractivity contribution is 9.10. The largest absolute Gasteiger partial charge is 0.354 e. The Kier molecular flexibility index (Phi) is 5.13. The minimum Gasteiger partial charge on any atom is -0.354 e. The Labute approximate surface area is 134 Å². The number of nitrogens with one attached hydrogen (secondary N) is 1. The molecule has 1 aromatic carbocycles. The van der Waals surface area contributed by atoms with Crippen LogP contribution in [0.3, 0.4) is 0 Å². The van der Waals surface area contributed by atoms with Crippen molar-refractivity contribution in [2.75, 3.05) is 11.9 Å². The molecular weight excluding hydrogens is 356 g/mol. The fourth-order valence-corrected chi connectivity index (χ4v) is 3.19. The number of nitrogens with zero attached hydrogens (tertiary/aromatic N) is 3. The van der Waals surface area contributed by atoms with Gasteiger partial charge in [-0.1, -0.05) is 23.9 Å². The minimum absolute atomic E-state index is 0.0580. The predicted molar refractivity (Wildman–Crippen MR) is 85.9 cm³/mol. The summed E-state index contributed by atoms with van der Waals surface area (Å²) in [6.45, 7) is 4.18. The zero-order chi connectivity index (χ0) is 15.4. The van der Waals surface area contributed by atoms with Crippen molar-refractivity contribution >= 4 is 39.3 Å². The summed E-state index contributed by atoms with van der Waals surface area (Å²) < 4.78 is 0.866. The first-order valence-corrected chi connectivity index (χ1v) is 7.83. The molecule has 2 rings (SSSR count). The van der Waals surface area contributed by atoms with Crippen LogP contribution in [0, 0.1) is 17.0 Å². The third-order valence-corrected chi connectivity index (χ3v) is 4.59. The van der Waals surface area contributed by atoms with E-state index >= 15 is 0 Å². The van der Waals surface area contributed by atoms with Crippen LogP contribution in [0.1, 0.15) is 12.6 Å². The van der Waals surface area contributed by atoms with Crippen molar-refractivity contribution in [1.82, 2.24) is 9.97 Å². The number of hydrogen-bond donors (Lipinski definition) is 1. The number of rotatable bonds is 5. The van der Waals surface area contributed by atoms with E-state index in [0.29, 0.717) is 23.2 Å². The average Bonchev–Trinajstić information content (AvgIpc) is 2.41. The van der Waals surface area contributed by atoms with Crippen molar-refractivity contribution in [2.24, 2.45) is 0 Å². The molecule has 0 fully saturated rings. The van der Waals surface area contributed by atoms with Crippen LogP contribution in [0.25, 0.3) is 0 Å². The van der Waals surface area contributed by atoms with Crippen LogP contribution in [-0.2, 0) is 0 Å². The zero-order valence-electron chi connectivity index (χ0n) is 11.5. The van der Waals surface area contributed by atoms with Crippen LogP contribution in [-0.4, -0.2) is 21.4 Å². The van der Waals surface area contributed by atoms with E-state index in [0.717, 1.165) is 9.37 Å². The van der Waals surface area contributed by atoms with Crippen LogP contribution in [0.15, 0.2) is 38.7 Å². The number of hydrogen-bond acceptors (Lipinski definition) is 6. The van der Waals surface area contributed by atoms with E-state index in [4.69, 9.17) is 0 Å². The first-order valence-electron chi connectivity index (χ1n) is 6.22. The Bertz CT molecular complexity index is 681. The monoisotopic (exact) mass is 368 g/mol. The van der Waals surface area contributed by atoms with Crippen molar-refractivity contribution in [3.63, 3.8) is 0 Å². The molecule has 110 valence electrons. The Morgan fingerprint density at radius 2 is 2.10 bits per heavy atom. The first-order chi connectivity index (χ1) is 10.0. The highest BCUT2D eigenvalue weighted by Crippen LogP contribution is 2.38. The van der Waals surface area contributed by atoms with Crippen LogP contribution in [0.5, 0.6) is 0 Å². The van der Waals surface area contributed by atoms with Crippen LogP contribution >= 0.6 is 27.7 Å². The van der Waals surface area contributed by atoms with Crippen LogP contribution in [0.4, 0.5) is 11.6 Å². The second-order valence-electron chi connectivity index (χ2n) is 4.11. The molecule has 6 nitrogen and oxygen atoms in total. The van der Waals surface area contributed by atoms with Crippen molar-refractivity contribution in [2.45, 2.75) is 23.8 Å². The van der Waals surface area contributed by atoms with Gasteiger partial charge in [-0.15, -0.1) is 0 Å². The number of aryl methyl sites for hydroxylation is 1. The smallest absolute Gasteiger partial charge is 0.322 e. The lowest BCUT2D eigenvalue weighted by molar-refractivity contribution is -0.389. The number of aromatic nitrogens is 2. The average molecular weight is 369 g/mol. The molecule has 0 atom stereocenters. The molecule has 2 aromatic rings. The van der Waals surface area contributed by atoms with Gasteiger partial charge in [-0.3, -0.25) is 10.1 Å². The summed E-state index contributed by atoms with van der Waals surface area (Å²) >= 11 is 4.68. The lowest BCUT2D eigenvalue weighted by Gasteiger charge is -2.08. The van der Waals surface area contributed by atoms with Gasteiger partial charge in [0.2, 0.25) is 5.95 Å². The lowest BCUT2D eigenvalue weighted by atomic mass is 10.4. The Morgan fingerprint density at radius 1 is 1.38 bits per heavy atom. The molecule has 0 unspecified atom stereocenters. The molecule has 1 N–H and O–H groups in total. The number of benzene rings is 1. The fraction of sp³-hybridized carbons (Fsp3) is 0.231.